The van der Waals surface area contributed by atoms with Gasteiger partial charge in [0.2, 0.25) is 11.5 Å². The Morgan fingerprint density at radius 3 is 2.92 bits per heavy atom. The van der Waals surface area contributed by atoms with Crippen LogP contribution in [0, 0.1) is 5.82 Å². The van der Waals surface area contributed by atoms with Crippen LogP contribution >= 0.6 is 0 Å². The van der Waals surface area contributed by atoms with Crippen LogP contribution < -0.4 is 5.32 Å². The van der Waals surface area contributed by atoms with Crippen molar-refractivity contribution in [3.05, 3.63) is 65.6 Å². The fraction of sp³-hybridized carbons (Fsp3) is 0.176. The van der Waals surface area contributed by atoms with E-state index in [9.17, 15) is 14.0 Å². The Labute approximate surface area is 142 Å². The fourth-order valence-electron chi connectivity index (χ4n) is 2.22. The lowest BCUT2D eigenvalue weighted by Crippen LogP contribution is -2.11. The number of rotatable bonds is 6. The summed E-state index contributed by atoms with van der Waals surface area (Å²) in [6.45, 7) is 2.06. The molecule has 0 fully saturated rings. The molecule has 2 aromatic heterocycles. The van der Waals surface area contributed by atoms with Gasteiger partial charge in [0.15, 0.2) is 5.69 Å². The van der Waals surface area contributed by atoms with E-state index in [4.69, 9.17) is 4.52 Å². The Hall–Kier alpha value is -3.29. The number of nitrogens with zero attached hydrogens (tertiary/aromatic N) is 3. The molecule has 0 saturated carbocycles. The molecule has 0 aliphatic carbocycles. The number of nitrogens with one attached hydrogen (secondary N) is 1. The van der Waals surface area contributed by atoms with Crippen LogP contribution in [-0.2, 0) is 6.54 Å². The molecule has 128 valence electrons. The van der Waals surface area contributed by atoms with E-state index >= 15 is 0 Å². The topological polar surface area (TPSA) is 90.0 Å². The Morgan fingerprint density at radius 1 is 1.32 bits per heavy atom. The summed E-state index contributed by atoms with van der Waals surface area (Å²) in [5.41, 5.74) is 1.21. The maximum Gasteiger partial charge on any atom is 0.277 e. The van der Waals surface area contributed by atoms with Crippen molar-refractivity contribution in [2.24, 2.45) is 0 Å². The van der Waals surface area contributed by atoms with Crippen LogP contribution in [0.15, 0.2) is 47.2 Å². The van der Waals surface area contributed by atoms with Crippen molar-refractivity contribution < 1.29 is 18.5 Å². The highest BCUT2D eigenvalue weighted by atomic mass is 19.1. The molecule has 0 unspecified atom stereocenters. The number of halogens is 1. The second-order valence-electron chi connectivity index (χ2n) is 5.36. The summed E-state index contributed by atoms with van der Waals surface area (Å²) in [7, 11) is 0. The quantitative estimate of drug-likeness (QED) is 0.696. The largest absolute Gasteiger partial charge is 0.352 e. The molecular weight excluding hydrogens is 327 g/mol. The summed E-state index contributed by atoms with van der Waals surface area (Å²) >= 11 is 0. The van der Waals surface area contributed by atoms with Crippen molar-refractivity contribution in [1.82, 2.24) is 14.9 Å². The lowest BCUT2D eigenvalue weighted by Gasteiger charge is -2.01. The van der Waals surface area contributed by atoms with Gasteiger partial charge in [0.05, 0.1) is 18.4 Å². The first kappa shape index (κ1) is 16.6. The SMILES string of the molecule is CCC(=O)c1cc(C(=O)Nc2cnn(Cc3cccc(F)c3)c2)no1. The normalized spacial score (nSPS) is 10.6. The zero-order valence-corrected chi connectivity index (χ0v) is 13.4. The lowest BCUT2D eigenvalue weighted by atomic mass is 10.2. The fourth-order valence-corrected chi connectivity index (χ4v) is 2.22. The summed E-state index contributed by atoms with van der Waals surface area (Å²) in [5.74, 6) is -1.00. The molecule has 2 heterocycles. The number of hydrogen-bond donors (Lipinski definition) is 1. The van der Waals surface area contributed by atoms with Crippen molar-refractivity contribution in [2.45, 2.75) is 19.9 Å². The molecule has 0 aliphatic heterocycles. The molecule has 0 radical (unpaired) electrons. The molecule has 1 N–H and O–H groups in total. The number of carbonyl (C=O) groups excluding carboxylic acids is 2. The van der Waals surface area contributed by atoms with E-state index in [0.717, 1.165) is 5.56 Å². The van der Waals surface area contributed by atoms with E-state index in [1.165, 1.54) is 24.4 Å². The molecular formula is C17H15FN4O3. The highest BCUT2D eigenvalue weighted by molar-refractivity contribution is 6.04. The molecule has 3 aromatic rings. The first-order chi connectivity index (χ1) is 12.0. The predicted molar refractivity (Wildman–Crippen MR) is 86.8 cm³/mol. The average molecular weight is 342 g/mol. The van der Waals surface area contributed by atoms with Gasteiger partial charge in [0.25, 0.3) is 5.91 Å². The van der Waals surface area contributed by atoms with Crippen LogP contribution in [-0.4, -0.2) is 26.6 Å². The minimum absolute atomic E-state index is 0.00896. The molecule has 0 spiro atoms. The van der Waals surface area contributed by atoms with Gasteiger partial charge in [0, 0.05) is 18.7 Å². The Bertz CT molecular complexity index is 916. The summed E-state index contributed by atoms with van der Waals surface area (Å²) in [6, 6.07) is 7.49. The Balaban J connectivity index is 1.65. The molecule has 25 heavy (non-hydrogen) atoms. The van der Waals surface area contributed by atoms with Crippen LogP contribution in [0.5, 0.6) is 0 Å². The van der Waals surface area contributed by atoms with Crippen LogP contribution in [0.4, 0.5) is 10.1 Å². The van der Waals surface area contributed by atoms with Gasteiger partial charge in [-0.25, -0.2) is 4.39 Å². The smallest absolute Gasteiger partial charge is 0.277 e. The van der Waals surface area contributed by atoms with Crippen molar-refractivity contribution >= 4 is 17.4 Å². The van der Waals surface area contributed by atoms with Gasteiger partial charge in [-0.3, -0.25) is 14.3 Å². The van der Waals surface area contributed by atoms with E-state index in [1.54, 1.807) is 29.9 Å². The maximum atomic E-state index is 13.2. The molecule has 8 heteroatoms. The van der Waals surface area contributed by atoms with E-state index in [1.807, 2.05) is 0 Å². The van der Waals surface area contributed by atoms with E-state index in [2.05, 4.69) is 15.6 Å². The van der Waals surface area contributed by atoms with Gasteiger partial charge in [-0.05, 0) is 17.7 Å². The van der Waals surface area contributed by atoms with Crippen molar-refractivity contribution in [2.75, 3.05) is 5.32 Å². The van der Waals surface area contributed by atoms with Crippen molar-refractivity contribution in [3.8, 4) is 0 Å². The highest BCUT2D eigenvalue weighted by Crippen LogP contribution is 2.12. The van der Waals surface area contributed by atoms with E-state index in [-0.39, 0.29) is 29.5 Å². The molecule has 0 aliphatic rings. The molecule has 0 bridgehead atoms. The van der Waals surface area contributed by atoms with E-state index in [0.29, 0.717) is 12.2 Å². The number of aromatic nitrogens is 3. The van der Waals surface area contributed by atoms with E-state index < -0.39 is 5.91 Å². The summed E-state index contributed by atoms with van der Waals surface area (Å²) in [6.07, 6.45) is 3.35. The van der Waals surface area contributed by atoms with Crippen molar-refractivity contribution in [3.63, 3.8) is 0 Å². The number of benzene rings is 1. The van der Waals surface area contributed by atoms with Gasteiger partial charge in [0.1, 0.15) is 5.82 Å². The minimum atomic E-state index is -0.510. The third kappa shape index (κ3) is 3.97. The predicted octanol–water partition coefficient (Wildman–Crippen LogP) is 2.90. The molecule has 7 nitrogen and oxygen atoms in total. The van der Waals surface area contributed by atoms with Crippen LogP contribution in [0.2, 0.25) is 0 Å². The lowest BCUT2D eigenvalue weighted by molar-refractivity contribution is 0.0948. The minimum Gasteiger partial charge on any atom is -0.352 e. The van der Waals surface area contributed by atoms with Gasteiger partial charge >= 0.3 is 0 Å². The van der Waals surface area contributed by atoms with Crippen molar-refractivity contribution in [1.29, 1.82) is 0 Å². The second-order valence-corrected chi connectivity index (χ2v) is 5.36. The van der Waals surface area contributed by atoms with Gasteiger partial charge in [-0.1, -0.05) is 24.2 Å². The standard InChI is InChI=1S/C17H15FN4O3/c1-2-15(23)16-7-14(21-25-16)17(24)20-13-8-19-22(10-13)9-11-4-3-5-12(18)6-11/h3-8,10H,2,9H2,1H3,(H,20,24). The first-order valence-corrected chi connectivity index (χ1v) is 7.63. The highest BCUT2D eigenvalue weighted by Gasteiger charge is 2.16. The summed E-state index contributed by atoms with van der Waals surface area (Å²) < 4.78 is 19.6. The molecule has 0 saturated heterocycles. The average Bonchev–Trinajstić information content (AvgIpc) is 3.24. The monoisotopic (exact) mass is 342 g/mol. The van der Waals surface area contributed by atoms with Crippen LogP contribution in [0.25, 0.3) is 0 Å². The third-order valence-corrected chi connectivity index (χ3v) is 3.46. The Morgan fingerprint density at radius 2 is 2.16 bits per heavy atom. The zero-order valence-electron chi connectivity index (χ0n) is 13.4. The summed E-state index contributed by atoms with van der Waals surface area (Å²) in [4.78, 5) is 23.6. The molecule has 1 aromatic carbocycles. The van der Waals surface area contributed by atoms with Gasteiger partial charge in [-0.15, -0.1) is 0 Å². The first-order valence-electron chi connectivity index (χ1n) is 7.63. The number of anilines is 1. The maximum absolute atomic E-state index is 13.2. The van der Waals surface area contributed by atoms with Crippen LogP contribution in [0.1, 0.15) is 40.0 Å². The number of hydrogen-bond acceptors (Lipinski definition) is 5. The third-order valence-electron chi connectivity index (χ3n) is 3.46. The Kier molecular flexibility index (Phi) is 4.69. The number of Topliss-reactive ketones (excluding diaryl/α,β-unsaturated/α-hetero) is 1. The molecule has 1 amide bonds. The molecule has 3 rings (SSSR count). The number of amides is 1. The van der Waals surface area contributed by atoms with Crippen LogP contribution in [0.3, 0.4) is 0 Å². The number of carbonyl (C=O) groups is 2. The number of ketones is 1. The van der Waals surface area contributed by atoms with Gasteiger partial charge < -0.3 is 9.84 Å². The zero-order chi connectivity index (χ0) is 17.8. The van der Waals surface area contributed by atoms with Gasteiger partial charge in [-0.2, -0.15) is 5.10 Å². The molecule has 0 atom stereocenters. The summed E-state index contributed by atoms with van der Waals surface area (Å²) in [5, 5.41) is 10.3. The second kappa shape index (κ2) is 7.08.